The Hall–Kier alpha value is -0.340. The first kappa shape index (κ1) is 13.7. The molecule has 84 valence electrons. The number of nitrogens with zero attached hydrogens (tertiary/aromatic N) is 2. The van der Waals surface area contributed by atoms with E-state index in [0.717, 1.165) is 6.54 Å². The zero-order valence-corrected chi connectivity index (χ0v) is 10.3. The van der Waals surface area contributed by atoms with Gasteiger partial charge >= 0.3 is 0 Å². The molecule has 0 atom stereocenters. The van der Waals surface area contributed by atoms with E-state index < -0.39 is 0 Å². The quantitative estimate of drug-likeness (QED) is 0.628. The van der Waals surface area contributed by atoms with Crippen LogP contribution in [0.3, 0.4) is 0 Å². The van der Waals surface area contributed by atoms with E-state index in [1.165, 1.54) is 38.2 Å². The van der Waals surface area contributed by atoms with Gasteiger partial charge in [0.25, 0.3) is 0 Å². The van der Waals surface area contributed by atoms with Crippen molar-refractivity contribution in [3.05, 3.63) is 12.2 Å². The third-order valence-corrected chi connectivity index (χ3v) is 2.09. The number of hydrogen-bond acceptors (Lipinski definition) is 2. The van der Waals surface area contributed by atoms with Crippen molar-refractivity contribution in [3.8, 4) is 0 Å². The van der Waals surface area contributed by atoms with Crippen LogP contribution in [0.25, 0.3) is 0 Å². The zero-order chi connectivity index (χ0) is 11.0. The van der Waals surface area contributed by atoms with Gasteiger partial charge in [-0.25, -0.2) is 0 Å². The van der Waals surface area contributed by atoms with Crippen LogP contribution in [0.4, 0.5) is 0 Å². The van der Waals surface area contributed by atoms with Crippen LogP contribution in [0.1, 0.15) is 27.2 Å². The highest BCUT2D eigenvalue weighted by molar-refractivity contribution is 4.92. The highest BCUT2D eigenvalue weighted by atomic mass is 15.2. The first-order valence-corrected chi connectivity index (χ1v) is 5.65. The van der Waals surface area contributed by atoms with E-state index in [2.05, 4.69) is 44.2 Å². The molecule has 0 aromatic heterocycles. The molecule has 2 nitrogen and oxygen atoms in total. The van der Waals surface area contributed by atoms with E-state index in [9.17, 15) is 0 Å². The fourth-order valence-electron chi connectivity index (χ4n) is 1.39. The smallest absolute Gasteiger partial charge is 0.0188 e. The second-order valence-electron chi connectivity index (χ2n) is 4.24. The van der Waals surface area contributed by atoms with Crippen molar-refractivity contribution < 1.29 is 0 Å². The second kappa shape index (κ2) is 8.01. The Labute approximate surface area is 89.6 Å². The Morgan fingerprint density at radius 2 is 1.57 bits per heavy atom. The van der Waals surface area contributed by atoms with Crippen LogP contribution in [0.15, 0.2) is 12.2 Å². The van der Waals surface area contributed by atoms with Gasteiger partial charge in [-0.3, -0.25) is 4.90 Å². The van der Waals surface area contributed by atoms with Crippen LogP contribution in [-0.2, 0) is 0 Å². The summed E-state index contributed by atoms with van der Waals surface area (Å²) in [6, 6.07) is 0. The molecule has 2 heteroatoms. The Balaban J connectivity index is 0.000000500. The summed E-state index contributed by atoms with van der Waals surface area (Å²) in [5.41, 5.74) is 1.27. The number of hydrogen-bond donors (Lipinski definition) is 0. The predicted octanol–water partition coefficient (Wildman–Crippen LogP) is 2.23. The molecule has 0 amide bonds. The highest BCUT2D eigenvalue weighted by Crippen LogP contribution is 2.01. The topological polar surface area (TPSA) is 6.48 Å². The van der Waals surface area contributed by atoms with Gasteiger partial charge in [0, 0.05) is 32.7 Å². The van der Waals surface area contributed by atoms with Gasteiger partial charge in [0.1, 0.15) is 0 Å². The van der Waals surface area contributed by atoms with Crippen molar-refractivity contribution in [3.63, 3.8) is 0 Å². The molecule has 0 aliphatic carbocycles. The van der Waals surface area contributed by atoms with Crippen LogP contribution >= 0.6 is 0 Å². The second-order valence-corrected chi connectivity index (χ2v) is 4.24. The maximum atomic E-state index is 3.91. The van der Waals surface area contributed by atoms with Crippen molar-refractivity contribution >= 4 is 0 Å². The molecule has 14 heavy (non-hydrogen) atoms. The number of likely N-dealkylation sites (N-methyl/N-ethyl adjacent to an activating group) is 1. The van der Waals surface area contributed by atoms with Crippen molar-refractivity contribution in [2.24, 2.45) is 0 Å². The largest absolute Gasteiger partial charge is 0.304 e. The predicted molar refractivity (Wildman–Crippen MR) is 64.7 cm³/mol. The highest BCUT2D eigenvalue weighted by Gasteiger charge is 2.12. The molecule has 0 spiro atoms. The molecule has 1 heterocycles. The van der Waals surface area contributed by atoms with Gasteiger partial charge in [-0.05, 0) is 14.0 Å². The summed E-state index contributed by atoms with van der Waals surface area (Å²) in [4.78, 5) is 4.83. The van der Waals surface area contributed by atoms with Crippen LogP contribution in [0.2, 0.25) is 0 Å². The van der Waals surface area contributed by atoms with Gasteiger partial charge in [0.2, 0.25) is 0 Å². The molecule has 1 aliphatic heterocycles. The first-order chi connectivity index (χ1) is 6.60. The van der Waals surface area contributed by atoms with Crippen molar-refractivity contribution in [1.29, 1.82) is 0 Å². The third-order valence-electron chi connectivity index (χ3n) is 2.09. The van der Waals surface area contributed by atoms with Gasteiger partial charge in [-0.1, -0.05) is 32.4 Å². The average Bonchev–Trinajstić information content (AvgIpc) is 2.09. The third kappa shape index (κ3) is 7.10. The molecule has 0 aromatic rings. The minimum absolute atomic E-state index is 1.08. The maximum absolute atomic E-state index is 3.91. The standard InChI is InChI=1S/C9H18N2.C3H8/c1-9(2)8-11-6-4-10(3)5-7-11;1-3-2/h1,4-8H2,2-3H3;3H2,1-2H3. The Morgan fingerprint density at radius 3 is 1.93 bits per heavy atom. The summed E-state index contributed by atoms with van der Waals surface area (Å²) >= 11 is 0. The van der Waals surface area contributed by atoms with Crippen LogP contribution in [-0.4, -0.2) is 49.6 Å². The van der Waals surface area contributed by atoms with Gasteiger partial charge in [-0.2, -0.15) is 0 Å². The Morgan fingerprint density at radius 1 is 1.14 bits per heavy atom. The van der Waals surface area contributed by atoms with E-state index in [4.69, 9.17) is 0 Å². The molecule has 1 saturated heterocycles. The lowest BCUT2D eigenvalue weighted by Crippen LogP contribution is -2.44. The van der Waals surface area contributed by atoms with E-state index >= 15 is 0 Å². The molecular weight excluding hydrogens is 172 g/mol. The molecule has 0 unspecified atom stereocenters. The van der Waals surface area contributed by atoms with Crippen LogP contribution in [0, 0.1) is 0 Å². The van der Waals surface area contributed by atoms with Gasteiger partial charge in [-0.15, -0.1) is 0 Å². The van der Waals surface area contributed by atoms with Gasteiger partial charge < -0.3 is 4.90 Å². The molecule has 1 aliphatic rings. The van der Waals surface area contributed by atoms with E-state index in [1.54, 1.807) is 0 Å². The van der Waals surface area contributed by atoms with E-state index in [1.807, 2.05) is 0 Å². The fourth-order valence-corrected chi connectivity index (χ4v) is 1.39. The Bertz CT molecular complexity index is 146. The van der Waals surface area contributed by atoms with Crippen molar-refractivity contribution in [2.45, 2.75) is 27.2 Å². The summed E-state index contributed by atoms with van der Waals surface area (Å²) in [6.07, 6.45) is 1.25. The summed E-state index contributed by atoms with van der Waals surface area (Å²) in [5.74, 6) is 0. The Kier molecular flexibility index (Phi) is 7.81. The summed E-state index contributed by atoms with van der Waals surface area (Å²) in [7, 11) is 2.18. The van der Waals surface area contributed by atoms with Gasteiger partial charge in [0.15, 0.2) is 0 Å². The summed E-state index contributed by atoms with van der Waals surface area (Å²) in [6.45, 7) is 16.1. The average molecular weight is 198 g/mol. The minimum atomic E-state index is 1.08. The lowest BCUT2D eigenvalue weighted by atomic mass is 10.2. The van der Waals surface area contributed by atoms with Crippen LogP contribution < -0.4 is 0 Å². The molecular formula is C12H26N2. The lowest BCUT2D eigenvalue weighted by molar-refractivity contribution is 0.164. The van der Waals surface area contributed by atoms with Crippen molar-refractivity contribution in [2.75, 3.05) is 39.8 Å². The summed E-state index contributed by atoms with van der Waals surface area (Å²) < 4.78 is 0. The SMILES string of the molecule is C=C(C)CN1CCN(C)CC1.CCC. The number of rotatable bonds is 2. The fraction of sp³-hybridized carbons (Fsp3) is 0.833. The van der Waals surface area contributed by atoms with E-state index in [0.29, 0.717) is 0 Å². The molecule has 1 fully saturated rings. The van der Waals surface area contributed by atoms with E-state index in [-0.39, 0.29) is 0 Å². The molecule has 0 aromatic carbocycles. The minimum Gasteiger partial charge on any atom is -0.304 e. The first-order valence-electron chi connectivity index (χ1n) is 5.65. The molecule has 1 rings (SSSR count). The van der Waals surface area contributed by atoms with Crippen molar-refractivity contribution in [1.82, 2.24) is 9.80 Å². The molecule has 0 bridgehead atoms. The lowest BCUT2D eigenvalue weighted by Gasteiger charge is -2.32. The zero-order valence-electron chi connectivity index (χ0n) is 10.3. The summed E-state index contributed by atoms with van der Waals surface area (Å²) in [5, 5.41) is 0. The monoisotopic (exact) mass is 198 g/mol. The maximum Gasteiger partial charge on any atom is 0.0188 e. The molecule has 0 N–H and O–H groups in total. The molecule has 0 radical (unpaired) electrons. The van der Waals surface area contributed by atoms with Gasteiger partial charge in [0.05, 0.1) is 0 Å². The number of piperazine rings is 1. The van der Waals surface area contributed by atoms with Crippen LogP contribution in [0.5, 0.6) is 0 Å². The molecule has 0 saturated carbocycles. The normalized spacial score (nSPS) is 18.6.